The van der Waals surface area contributed by atoms with Crippen molar-refractivity contribution < 1.29 is 13.0 Å². The van der Waals surface area contributed by atoms with Gasteiger partial charge in [0.2, 0.25) is 5.82 Å². The molecule has 1 heterocycles. The molecular formula is C13H15N3O3S. The number of fused-ring (bicyclic) bond motifs is 1. The van der Waals surface area contributed by atoms with Crippen molar-refractivity contribution in [3.63, 3.8) is 0 Å². The number of anilines is 1. The first-order valence-electron chi connectivity index (χ1n) is 6.51. The molecule has 1 aromatic heterocycles. The van der Waals surface area contributed by atoms with E-state index in [1.54, 1.807) is 19.1 Å². The number of nitrogens with zero attached hydrogens (tertiary/aromatic N) is 2. The minimum atomic E-state index is -3.66. The Morgan fingerprint density at radius 3 is 2.75 bits per heavy atom. The molecule has 1 N–H and O–H groups in total. The first kappa shape index (κ1) is 13.1. The number of hydrogen-bond donors (Lipinski definition) is 1. The molecule has 0 atom stereocenters. The minimum absolute atomic E-state index is 0.137. The highest BCUT2D eigenvalue weighted by molar-refractivity contribution is 7.92. The SMILES string of the molecule is Cc1nonc1NS(=O)(=O)c1cccc2c1CCCC2. The standard InChI is InChI=1S/C13H15N3O3S/c1-9-13(15-19-14-9)16-20(17,18)12-8-4-6-10-5-2-3-7-11(10)12/h4,6,8H,2-3,5,7H2,1H3,(H,15,16). The van der Waals surface area contributed by atoms with Crippen LogP contribution in [-0.4, -0.2) is 18.7 Å². The van der Waals surface area contributed by atoms with Gasteiger partial charge in [-0.2, -0.15) is 0 Å². The van der Waals surface area contributed by atoms with Gasteiger partial charge in [-0.1, -0.05) is 17.3 Å². The van der Waals surface area contributed by atoms with Crippen molar-refractivity contribution in [3.05, 3.63) is 35.0 Å². The molecule has 0 radical (unpaired) electrons. The molecule has 1 aliphatic rings. The molecule has 0 aliphatic heterocycles. The summed E-state index contributed by atoms with van der Waals surface area (Å²) in [4.78, 5) is 0.331. The number of aromatic nitrogens is 2. The Balaban J connectivity index is 2.02. The second-order valence-electron chi connectivity index (χ2n) is 4.90. The van der Waals surface area contributed by atoms with Crippen molar-refractivity contribution in [1.82, 2.24) is 10.3 Å². The van der Waals surface area contributed by atoms with Gasteiger partial charge >= 0.3 is 0 Å². The predicted molar refractivity (Wildman–Crippen MR) is 72.9 cm³/mol. The highest BCUT2D eigenvalue weighted by Crippen LogP contribution is 2.28. The maximum atomic E-state index is 12.5. The lowest BCUT2D eigenvalue weighted by Crippen LogP contribution is -2.18. The van der Waals surface area contributed by atoms with Crippen LogP contribution in [0.3, 0.4) is 0 Å². The zero-order chi connectivity index (χ0) is 14.2. The van der Waals surface area contributed by atoms with Gasteiger partial charge in [0, 0.05) is 0 Å². The fourth-order valence-electron chi connectivity index (χ4n) is 2.50. The highest BCUT2D eigenvalue weighted by atomic mass is 32.2. The molecule has 20 heavy (non-hydrogen) atoms. The summed E-state index contributed by atoms with van der Waals surface area (Å²) in [6.45, 7) is 1.63. The summed E-state index contributed by atoms with van der Waals surface area (Å²) >= 11 is 0. The molecule has 2 aromatic rings. The smallest absolute Gasteiger partial charge is 0.259 e. The van der Waals surface area contributed by atoms with E-state index in [-0.39, 0.29) is 5.82 Å². The maximum absolute atomic E-state index is 12.5. The summed E-state index contributed by atoms with van der Waals surface area (Å²) in [5.41, 5.74) is 2.45. The molecule has 0 fully saturated rings. The van der Waals surface area contributed by atoms with E-state index in [0.29, 0.717) is 10.6 Å². The van der Waals surface area contributed by atoms with Crippen LogP contribution in [0.5, 0.6) is 0 Å². The Kier molecular flexibility index (Phi) is 3.21. The Labute approximate surface area is 117 Å². The van der Waals surface area contributed by atoms with Crippen LogP contribution in [0.25, 0.3) is 0 Å². The van der Waals surface area contributed by atoms with Gasteiger partial charge in [-0.05, 0) is 55.0 Å². The van der Waals surface area contributed by atoms with E-state index in [1.165, 1.54) is 0 Å². The summed E-state index contributed by atoms with van der Waals surface area (Å²) in [5.74, 6) is 0.137. The monoisotopic (exact) mass is 293 g/mol. The molecule has 0 bridgehead atoms. The molecule has 0 saturated carbocycles. The Morgan fingerprint density at radius 1 is 1.20 bits per heavy atom. The molecule has 7 heteroatoms. The number of nitrogens with one attached hydrogen (secondary N) is 1. The van der Waals surface area contributed by atoms with Crippen LogP contribution >= 0.6 is 0 Å². The van der Waals surface area contributed by atoms with Crippen molar-refractivity contribution in [2.75, 3.05) is 4.72 Å². The van der Waals surface area contributed by atoms with Crippen LogP contribution < -0.4 is 4.72 Å². The van der Waals surface area contributed by atoms with Crippen molar-refractivity contribution >= 4 is 15.8 Å². The fourth-order valence-corrected chi connectivity index (χ4v) is 3.87. The summed E-state index contributed by atoms with van der Waals surface area (Å²) in [7, 11) is -3.66. The number of benzene rings is 1. The van der Waals surface area contributed by atoms with Gasteiger partial charge in [0.25, 0.3) is 10.0 Å². The van der Waals surface area contributed by atoms with Crippen LogP contribution in [-0.2, 0) is 22.9 Å². The number of aryl methyl sites for hydroxylation is 2. The molecule has 0 saturated heterocycles. The van der Waals surface area contributed by atoms with Crippen molar-refractivity contribution in [1.29, 1.82) is 0 Å². The quantitative estimate of drug-likeness (QED) is 0.936. The normalized spacial score (nSPS) is 14.8. The van der Waals surface area contributed by atoms with Gasteiger partial charge < -0.3 is 0 Å². The topological polar surface area (TPSA) is 85.1 Å². The third-order valence-corrected chi connectivity index (χ3v) is 4.95. The molecule has 0 spiro atoms. The molecule has 1 aliphatic carbocycles. The van der Waals surface area contributed by atoms with Crippen molar-refractivity contribution in [2.24, 2.45) is 0 Å². The highest BCUT2D eigenvalue weighted by Gasteiger charge is 2.24. The Morgan fingerprint density at radius 2 is 2.00 bits per heavy atom. The first-order valence-corrected chi connectivity index (χ1v) is 7.99. The van der Waals surface area contributed by atoms with Crippen molar-refractivity contribution in [3.8, 4) is 0 Å². The molecule has 6 nitrogen and oxygen atoms in total. The molecule has 0 unspecified atom stereocenters. The first-order chi connectivity index (χ1) is 9.58. The van der Waals surface area contributed by atoms with Crippen LogP contribution in [0.2, 0.25) is 0 Å². The van der Waals surface area contributed by atoms with E-state index in [0.717, 1.165) is 36.8 Å². The minimum Gasteiger partial charge on any atom is -0.259 e. The van der Waals surface area contributed by atoms with Gasteiger partial charge in [0.15, 0.2) is 0 Å². The van der Waals surface area contributed by atoms with E-state index in [1.807, 2.05) is 6.07 Å². The number of sulfonamides is 1. The Hall–Kier alpha value is -1.89. The van der Waals surface area contributed by atoms with Gasteiger partial charge in [-0.25, -0.2) is 13.0 Å². The van der Waals surface area contributed by atoms with Gasteiger partial charge in [-0.15, -0.1) is 0 Å². The third kappa shape index (κ3) is 2.29. The maximum Gasteiger partial charge on any atom is 0.263 e. The molecule has 0 amide bonds. The lowest BCUT2D eigenvalue weighted by Gasteiger charge is -2.19. The van der Waals surface area contributed by atoms with E-state index < -0.39 is 10.0 Å². The zero-order valence-electron chi connectivity index (χ0n) is 11.1. The fraction of sp³-hybridized carbons (Fsp3) is 0.385. The van der Waals surface area contributed by atoms with Crippen LogP contribution in [0, 0.1) is 6.92 Å². The summed E-state index contributed by atoms with van der Waals surface area (Å²) < 4.78 is 32.0. The molecule has 1 aromatic carbocycles. The zero-order valence-corrected chi connectivity index (χ0v) is 11.9. The molecular weight excluding hydrogens is 278 g/mol. The van der Waals surface area contributed by atoms with Gasteiger partial charge in [0.1, 0.15) is 5.69 Å². The average molecular weight is 293 g/mol. The summed E-state index contributed by atoms with van der Waals surface area (Å²) in [6, 6.07) is 5.42. The number of hydrogen-bond acceptors (Lipinski definition) is 5. The van der Waals surface area contributed by atoms with Crippen LogP contribution in [0.4, 0.5) is 5.82 Å². The summed E-state index contributed by atoms with van der Waals surface area (Å²) in [6.07, 6.45) is 3.85. The Bertz CT molecular complexity index is 737. The van der Waals surface area contributed by atoms with E-state index >= 15 is 0 Å². The van der Waals surface area contributed by atoms with E-state index in [9.17, 15) is 8.42 Å². The third-order valence-electron chi connectivity index (χ3n) is 3.53. The van der Waals surface area contributed by atoms with Crippen molar-refractivity contribution in [2.45, 2.75) is 37.5 Å². The molecule has 106 valence electrons. The second kappa shape index (κ2) is 4.90. The molecule has 3 rings (SSSR count). The van der Waals surface area contributed by atoms with Gasteiger partial charge in [0.05, 0.1) is 4.90 Å². The predicted octanol–water partition coefficient (Wildman–Crippen LogP) is 2.06. The van der Waals surface area contributed by atoms with Crippen LogP contribution in [0.15, 0.2) is 27.7 Å². The lowest BCUT2D eigenvalue weighted by atomic mass is 9.92. The van der Waals surface area contributed by atoms with Gasteiger partial charge in [-0.3, -0.25) is 4.72 Å². The van der Waals surface area contributed by atoms with E-state index in [2.05, 4.69) is 19.7 Å². The van der Waals surface area contributed by atoms with Crippen LogP contribution in [0.1, 0.15) is 29.7 Å². The average Bonchev–Trinajstić information content (AvgIpc) is 2.83. The summed E-state index contributed by atoms with van der Waals surface area (Å²) in [5, 5.41) is 7.13. The number of rotatable bonds is 3. The lowest BCUT2D eigenvalue weighted by molar-refractivity contribution is 0.306. The van der Waals surface area contributed by atoms with E-state index in [4.69, 9.17) is 0 Å². The largest absolute Gasteiger partial charge is 0.263 e. The second-order valence-corrected chi connectivity index (χ2v) is 6.56.